The van der Waals surface area contributed by atoms with Crippen molar-refractivity contribution in [2.75, 3.05) is 60.9 Å². The molecular weight excluding hydrogens is 627 g/mol. The summed E-state index contributed by atoms with van der Waals surface area (Å²) in [7, 11) is 0. The first-order valence-corrected chi connectivity index (χ1v) is 17.4. The maximum Gasteiger partial charge on any atom is 0.410 e. The van der Waals surface area contributed by atoms with Gasteiger partial charge in [0.1, 0.15) is 23.7 Å². The van der Waals surface area contributed by atoms with E-state index in [9.17, 15) is 14.4 Å². The van der Waals surface area contributed by atoms with Crippen LogP contribution in [0.3, 0.4) is 0 Å². The Bertz CT molecular complexity index is 1740. The zero-order valence-corrected chi connectivity index (χ0v) is 27.4. The fourth-order valence-electron chi connectivity index (χ4n) is 8.01. The summed E-state index contributed by atoms with van der Waals surface area (Å²) in [5, 5.41) is 6.00. The number of fused-ring (bicyclic) bond motifs is 1. The number of amides is 3. The van der Waals surface area contributed by atoms with E-state index in [1.54, 1.807) is 22.1 Å². The average molecular weight is 669 g/mol. The number of likely N-dealkylation sites (tertiary alicyclic amines) is 1. The molecule has 4 aliphatic heterocycles. The van der Waals surface area contributed by atoms with Crippen LogP contribution in [0.4, 0.5) is 32.3 Å². The van der Waals surface area contributed by atoms with E-state index >= 15 is 4.39 Å². The Morgan fingerprint density at radius 1 is 1.02 bits per heavy atom. The van der Waals surface area contributed by atoms with Gasteiger partial charge in [-0.15, -0.1) is 0 Å². The van der Waals surface area contributed by atoms with E-state index in [0.29, 0.717) is 56.3 Å². The molecule has 1 atom stereocenters. The molecule has 3 amide bonds. The number of hydrogen-bond donors (Lipinski definition) is 2. The number of carbonyl (C=O) groups is 3. The SMILES string of the molecule is O=C(OCc1ccccc1)N1CC(N2CCN(c3ccc(Nc4ncc5c(n4)N(C4CCCC4)C(=O)[C@]4(CCNC4=O)C5)cc3F)CC2)C1. The Labute approximate surface area is 284 Å². The average Bonchev–Trinajstić information content (AvgIpc) is 3.75. The van der Waals surface area contributed by atoms with Crippen LogP contribution >= 0.6 is 0 Å². The summed E-state index contributed by atoms with van der Waals surface area (Å²) >= 11 is 0. The maximum absolute atomic E-state index is 15.5. The Kier molecular flexibility index (Phi) is 8.30. The van der Waals surface area contributed by atoms with E-state index < -0.39 is 5.41 Å². The molecule has 13 heteroatoms. The molecule has 1 saturated carbocycles. The molecule has 5 aliphatic rings. The number of piperazine rings is 1. The third-order valence-electron chi connectivity index (χ3n) is 10.9. The van der Waals surface area contributed by atoms with Crippen LogP contribution < -0.4 is 20.4 Å². The molecule has 1 spiro atoms. The summed E-state index contributed by atoms with van der Waals surface area (Å²) in [6.45, 7) is 4.93. The Hall–Kier alpha value is -4.78. The first-order valence-electron chi connectivity index (χ1n) is 17.4. The lowest BCUT2D eigenvalue weighted by molar-refractivity contribution is -0.140. The van der Waals surface area contributed by atoms with Gasteiger partial charge in [-0.3, -0.25) is 19.4 Å². The van der Waals surface area contributed by atoms with Crippen LogP contribution in [0.5, 0.6) is 0 Å². The molecular formula is C36H41FN8O4. The predicted molar refractivity (Wildman–Crippen MR) is 181 cm³/mol. The van der Waals surface area contributed by atoms with Crippen LogP contribution in [0.2, 0.25) is 0 Å². The molecule has 4 fully saturated rings. The van der Waals surface area contributed by atoms with Gasteiger partial charge in [0.05, 0.1) is 5.69 Å². The smallest absolute Gasteiger partial charge is 0.410 e. The van der Waals surface area contributed by atoms with Gasteiger partial charge in [-0.25, -0.2) is 14.2 Å². The molecule has 0 bridgehead atoms. The Balaban J connectivity index is 0.878. The number of hydrogen-bond acceptors (Lipinski definition) is 9. The molecule has 5 heterocycles. The summed E-state index contributed by atoms with van der Waals surface area (Å²) in [5.74, 6) is 0.105. The lowest BCUT2D eigenvalue weighted by Crippen LogP contribution is -2.64. The number of nitrogens with one attached hydrogen (secondary N) is 2. The maximum atomic E-state index is 15.5. The Morgan fingerprint density at radius 2 is 1.80 bits per heavy atom. The molecule has 3 saturated heterocycles. The van der Waals surface area contributed by atoms with Gasteiger partial charge < -0.3 is 25.2 Å². The molecule has 3 aromatic rings. The van der Waals surface area contributed by atoms with Gasteiger partial charge in [0.25, 0.3) is 0 Å². The fourth-order valence-corrected chi connectivity index (χ4v) is 8.01. The van der Waals surface area contributed by atoms with Gasteiger partial charge in [0.2, 0.25) is 17.8 Å². The zero-order chi connectivity index (χ0) is 33.5. The van der Waals surface area contributed by atoms with Crippen LogP contribution in [0, 0.1) is 11.2 Å². The van der Waals surface area contributed by atoms with Crippen molar-refractivity contribution in [3.63, 3.8) is 0 Å². The third kappa shape index (κ3) is 5.94. The van der Waals surface area contributed by atoms with Crippen molar-refractivity contribution in [1.82, 2.24) is 25.1 Å². The number of aromatic nitrogens is 2. The molecule has 1 aliphatic carbocycles. The second-order valence-electron chi connectivity index (χ2n) is 13.8. The van der Waals surface area contributed by atoms with E-state index in [1.165, 1.54) is 6.07 Å². The number of anilines is 4. The third-order valence-corrected chi connectivity index (χ3v) is 10.9. The number of rotatable bonds is 7. The molecule has 8 rings (SSSR count). The van der Waals surface area contributed by atoms with Crippen molar-refractivity contribution in [3.05, 3.63) is 71.7 Å². The second-order valence-corrected chi connectivity index (χ2v) is 13.8. The van der Waals surface area contributed by atoms with Crippen molar-refractivity contribution >= 4 is 41.0 Å². The van der Waals surface area contributed by atoms with E-state index in [1.807, 2.05) is 36.4 Å². The lowest BCUT2D eigenvalue weighted by atomic mass is 9.76. The first kappa shape index (κ1) is 31.5. The van der Waals surface area contributed by atoms with E-state index in [-0.39, 0.29) is 54.8 Å². The zero-order valence-electron chi connectivity index (χ0n) is 27.4. The van der Waals surface area contributed by atoms with Crippen LogP contribution in [0.15, 0.2) is 54.7 Å². The van der Waals surface area contributed by atoms with Gasteiger partial charge in [0.15, 0.2) is 0 Å². The van der Waals surface area contributed by atoms with Crippen LogP contribution in [0.1, 0.15) is 43.2 Å². The molecule has 0 unspecified atom stereocenters. The molecule has 2 N–H and O–H groups in total. The second kappa shape index (κ2) is 12.9. The van der Waals surface area contributed by atoms with Crippen molar-refractivity contribution < 1.29 is 23.5 Å². The summed E-state index contributed by atoms with van der Waals surface area (Å²) < 4.78 is 21.0. The molecule has 2 aromatic carbocycles. The first-order chi connectivity index (χ1) is 23.9. The summed E-state index contributed by atoms with van der Waals surface area (Å²) in [4.78, 5) is 56.4. The van der Waals surface area contributed by atoms with Crippen LogP contribution in [-0.2, 0) is 27.4 Å². The van der Waals surface area contributed by atoms with Gasteiger partial charge in [0, 0.05) is 81.8 Å². The highest BCUT2D eigenvalue weighted by atomic mass is 19.1. The van der Waals surface area contributed by atoms with Crippen LogP contribution in [0.25, 0.3) is 0 Å². The van der Waals surface area contributed by atoms with Crippen molar-refractivity contribution in [2.24, 2.45) is 5.41 Å². The van der Waals surface area contributed by atoms with Crippen molar-refractivity contribution in [1.29, 1.82) is 0 Å². The Morgan fingerprint density at radius 3 is 2.51 bits per heavy atom. The van der Waals surface area contributed by atoms with E-state index in [4.69, 9.17) is 9.72 Å². The highest BCUT2D eigenvalue weighted by molar-refractivity contribution is 6.14. The number of nitrogens with zero attached hydrogens (tertiary/aromatic N) is 6. The molecule has 256 valence electrons. The summed E-state index contributed by atoms with van der Waals surface area (Å²) in [5.41, 5.74) is 1.70. The minimum Gasteiger partial charge on any atom is -0.445 e. The normalized spacial score (nSPS) is 23.1. The molecule has 49 heavy (non-hydrogen) atoms. The van der Waals surface area contributed by atoms with Crippen molar-refractivity contribution in [2.45, 2.75) is 57.2 Å². The fraction of sp³-hybridized carbons (Fsp3) is 0.472. The predicted octanol–water partition coefficient (Wildman–Crippen LogP) is 3.84. The minimum atomic E-state index is -1.09. The standard InChI is InChI=1S/C36H41FN8O4/c37-29-18-26(40-34-39-20-25-19-36(12-13-38-32(36)46)33(47)45(31(25)41-34)27-8-4-5-9-27)10-11-30(29)43-16-14-42(15-17-43)28-21-44(22-28)35(48)49-23-24-6-2-1-3-7-24/h1-3,6-7,10-11,18,20,27-28H,4-5,8-9,12-17,19,21-23H2,(H,38,46)(H,39,40,41)/t36-/m1/s1. The monoisotopic (exact) mass is 668 g/mol. The number of benzene rings is 2. The van der Waals surface area contributed by atoms with Gasteiger partial charge in [-0.1, -0.05) is 43.2 Å². The van der Waals surface area contributed by atoms with E-state index in [0.717, 1.165) is 49.9 Å². The highest BCUT2D eigenvalue weighted by Gasteiger charge is 2.56. The van der Waals surface area contributed by atoms with Crippen LogP contribution in [-0.4, -0.2) is 95.6 Å². The number of carbonyl (C=O) groups excluding carboxylic acids is 3. The largest absolute Gasteiger partial charge is 0.445 e. The number of halogens is 1. The molecule has 1 aromatic heterocycles. The quantitative estimate of drug-likeness (QED) is 0.362. The summed E-state index contributed by atoms with van der Waals surface area (Å²) in [6, 6.07) is 15.0. The topological polar surface area (TPSA) is 123 Å². The summed E-state index contributed by atoms with van der Waals surface area (Å²) in [6.07, 6.45) is 5.98. The van der Waals surface area contributed by atoms with Gasteiger partial charge in [-0.05, 0) is 43.0 Å². The minimum absolute atomic E-state index is 0.00133. The molecule has 0 radical (unpaired) electrons. The highest BCUT2D eigenvalue weighted by Crippen LogP contribution is 2.44. The van der Waals surface area contributed by atoms with Crippen molar-refractivity contribution in [3.8, 4) is 0 Å². The van der Waals surface area contributed by atoms with Gasteiger partial charge >= 0.3 is 6.09 Å². The number of ether oxygens (including phenoxy) is 1. The lowest BCUT2D eigenvalue weighted by Gasteiger charge is -2.47. The van der Waals surface area contributed by atoms with Gasteiger partial charge in [-0.2, -0.15) is 4.98 Å². The molecule has 12 nitrogen and oxygen atoms in total. The van der Waals surface area contributed by atoms with E-state index in [2.05, 4.69) is 25.4 Å².